The Labute approximate surface area is 75.0 Å². The smallest absolute Gasteiger partial charge is 0.249 e. The molecular weight excluding hydrogens is 170 g/mol. The fourth-order valence-electron chi connectivity index (χ4n) is 1.10. The number of aliphatic hydroxyl groups is 1. The van der Waals surface area contributed by atoms with E-state index in [0.29, 0.717) is 11.8 Å². The van der Waals surface area contributed by atoms with Crippen molar-refractivity contribution in [3.05, 3.63) is 34.9 Å². The van der Waals surface area contributed by atoms with Crippen LogP contribution in [-0.4, -0.2) is 17.3 Å². The SMILES string of the molecule is NC(=O)c1cccc(CO)c1C=O. The highest BCUT2D eigenvalue weighted by atomic mass is 16.3. The first-order chi connectivity index (χ1) is 6.20. The van der Waals surface area contributed by atoms with Crippen LogP contribution in [0.25, 0.3) is 0 Å². The summed E-state index contributed by atoms with van der Waals surface area (Å²) >= 11 is 0. The first-order valence-corrected chi connectivity index (χ1v) is 3.68. The molecule has 0 aliphatic rings. The van der Waals surface area contributed by atoms with Crippen molar-refractivity contribution in [1.82, 2.24) is 0 Å². The number of amides is 1. The second-order valence-electron chi connectivity index (χ2n) is 2.52. The molecule has 0 aromatic heterocycles. The molecule has 0 bridgehead atoms. The molecule has 4 nitrogen and oxygen atoms in total. The van der Waals surface area contributed by atoms with Crippen LogP contribution in [-0.2, 0) is 6.61 Å². The summed E-state index contributed by atoms with van der Waals surface area (Å²) in [6, 6.07) is 4.58. The molecular formula is C9H9NO3. The molecule has 13 heavy (non-hydrogen) atoms. The molecule has 0 atom stereocenters. The van der Waals surface area contributed by atoms with Crippen molar-refractivity contribution in [3.8, 4) is 0 Å². The number of aldehydes is 1. The Kier molecular flexibility index (Phi) is 2.76. The zero-order valence-electron chi connectivity index (χ0n) is 6.86. The molecule has 68 valence electrons. The molecule has 0 spiro atoms. The van der Waals surface area contributed by atoms with Gasteiger partial charge in [-0.05, 0) is 11.6 Å². The number of carbonyl (C=O) groups excluding carboxylic acids is 2. The third kappa shape index (κ3) is 1.73. The molecule has 0 saturated carbocycles. The molecule has 0 radical (unpaired) electrons. The van der Waals surface area contributed by atoms with Crippen LogP contribution in [0.1, 0.15) is 26.3 Å². The predicted molar refractivity (Wildman–Crippen MR) is 46.3 cm³/mol. The van der Waals surface area contributed by atoms with Gasteiger partial charge in [-0.15, -0.1) is 0 Å². The minimum atomic E-state index is -0.669. The average Bonchev–Trinajstić information content (AvgIpc) is 2.16. The van der Waals surface area contributed by atoms with Crippen molar-refractivity contribution in [2.45, 2.75) is 6.61 Å². The van der Waals surface area contributed by atoms with Gasteiger partial charge in [-0.25, -0.2) is 0 Å². The van der Waals surface area contributed by atoms with Gasteiger partial charge in [0.2, 0.25) is 5.91 Å². The van der Waals surface area contributed by atoms with E-state index >= 15 is 0 Å². The lowest BCUT2D eigenvalue weighted by molar-refractivity contribution is 0.0992. The van der Waals surface area contributed by atoms with E-state index in [0.717, 1.165) is 0 Å². The van der Waals surface area contributed by atoms with Gasteiger partial charge in [0.1, 0.15) is 0 Å². The monoisotopic (exact) mass is 179 g/mol. The number of benzene rings is 1. The lowest BCUT2D eigenvalue weighted by Crippen LogP contribution is -2.14. The minimum absolute atomic E-state index is 0.140. The second-order valence-corrected chi connectivity index (χ2v) is 2.52. The van der Waals surface area contributed by atoms with E-state index in [2.05, 4.69) is 0 Å². The maximum absolute atomic E-state index is 10.8. The number of carbonyl (C=O) groups is 2. The standard InChI is InChI=1S/C9H9NO3/c10-9(13)7-3-1-2-6(4-11)8(7)5-12/h1-3,5,11H,4H2,(H2,10,13). The summed E-state index contributed by atoms with van der Waals surface area (Å²) in [5, 5.41) is 8.84. The van der Waals surface area contributed by atoms with E-state index in [1.807, 2.05) is 0 Å². The first-order valence-electron chi connectivity index (χ1n) is 3.68. The molecule has 1 amide bonds. The maximum Gasteiger partial charge on any atom is 0.249 e. The summed E-state index contributed by atoms with van der Waals surface area (Å²) in [4.78, 5) is 21.4. The van der Waals surface area contributed by atoms with Gasteiger partial charge in [0.25, 0.3) is 0 Å². The minimum Gasteiger partial charge on any atom is -0.392 e. The number of primary amides is 1. The topological polar surface area (TPSA) is 80.4 Å². The molecule has 0 heterocycles. The molecule has 1 aromatic carbocycles. The fourth-order valence-corrected chi connectivity index (χ4v) is 1.10. The number of rotatable bonds is 3. The number of hydrogen-bond donors (Lipinski definition) is 2. The molecule has 3 N–H and O–H groups in total. The molecule has 0 saturated heterocycles. The predicted octanol–water partition coefficient (Wildman–Crippen LogP) is 0.0903. The molecule has 0 aliphatic heterocycles. The van der Waals surface area contributed by atoms with Crippen LogP contribution in [0, 0.1) is 0 Å². The van der Waals surface area contributed by atoms with E-state index in [1.54, 1.807) is 12.1 Å². The molecule has 0 fully saturated rings. The summed E-state index contributed by atoms with van der Waals surface area (Å²) in [5.74, 6) is -0.669. The summed E-state index contributed by atoms with van der Waals surface area (Å²) in [5.41, 5.74) is 5.75. The number of nitrogens with two attached hydrogens (primary N) is 1. The number of hydrogen-bond acceptors (Lipinski definition) is 3. The largest absolute Gasteiger partial charge is 0.392 e. The first kappa shape index (κ1) is 9.41. The van der Waals surface area contributed by atoms with Gasteiger partial charge in [-0.1, -0.05) is 12.1 Å². The van der Waals surface area contributed by atoms with Gasteiger partial charge in [0.15, 0.2) is 6.29 Å². The van der Waals surface area contributed by atoms with Crippen molar-refractivity contribution in [2.24, 2.45) is 5.73 Å². The van der Waals surface area contributed by atoms with Crippen LogP contribution in [0.3, 0.4) is 0 Å². The van der Waals surface area contributed by atoms with Gasteiger partial charge in [0, 0.05) is 11.1 Å². The zero-order chi connectivity index (χ0) is 9.84. The summed E-state index contributed by atoms with van der Waals surface area (Å²) in [6.07, 6.45) is 0.519. The second kappa shape index (κ2) is 3.82. The lowest BCUT2D eigenvalue weighted by Gasteiger charge is -2.04. The Morgan fingerprint density at radius 3 is 2.69 bits per heavy atom. The van der Waals surface area contributed by atoms with E-state index in [4.69, 9.17) is 10.8 Å². The molecule has 0 unspecified atom stereocenters. The summed E-state index contributed by atoms with van der Waals surface area (Å²) < 4.78 is 0. The Bertz CT molecular complexity index is 347. The van der Waals surface area contributed by atoms with Crippen molar-refractivity contribution < 1.29 is 14.7 Å². The number of aliphatic hydroxyl groups excluding tert-OH is 1. The molecule has 4 heteroatoms. The van der Waals surface area contributed by atoms with E-state index in [1.165, 1.54) is 6.07 Å². The van der Waals surface area contributed by atoms with Gasteiger partial charge < -0.3 is 10.8 Å². The third-order valence-electron chi connectivity index (χ3n) is 1.75. The highest BCUT2D eigenvalue weighted by molar-refractivity contribution is 6.01. The van der Waals surface area contributed by atoms with E-state index in [-0.39, 0.29) is 17.7 Å². The van der Waals surface area contributed by atoms with Crippen LogP contribution in [0.4, 0.5) is 0 Å². The van der Waals surface area contributed by atoms with Crippen LogP contribution < -0.4 is 5.73 Å². The molecule has 0 aliphatic carbocycles. The maximum atomic E-state index is 10.8. The van der Waals surface area contributed by atoms with Crippen molar-refractivity contribution in [2.75, 3.05) is 0 Å². The molecule has 1 aromatic rings. The Morgan fingerprint density at radius 2 is 2.23 bits per heavy atom. The van der Waals surface area contributed by atoms with E-state index in [9.17, 15) is 9.59 Å². The Hall–Kier alpha value is -1.68. The van der Waals surface area contributed by atoms with Crippen LogP contribution >= 0.6 is 0 Å². The van der Waals surface area contributed by atoms with Crippen LogP contribution in [0.5, 0.6) is 0 Å². The summed E-state index contributed by atoms with van der Waals surface area (Å²) in [7, 11) is 0. The fraction of sp³-hybridized carbons (Fsp3) is 0.111. The lowest BCUT2D eigenvalue weighted by atomic mass is 10.0. The Balaban J connectivity index is 3.35. The Morgan fingerprint density at radius 1 is 1.54 bits per heavy atom. The quantitative estimate of drug-likeness (QED) is 0.645. The van der Waals surface area contributed by atoms with Crippen molar-refractivity contribution in [3.63, 3.8) is 0 Å². The van der Waals surface area contributed by atoms with Gasteiger partial charge in [-0.3, -0.25) is 9.59 Å². The van der Waals surface area contributed by atoms with Gasteiger partial charge in [0.05, 0.1) is 6.61 Å². The van der Waals surface area contributed by atoms with Gasteiger partial charge in [-0.2, -0.15) is 0 Å². The van der Waals surface area contributed by atoms with Crippen LogP contribution in [0.2, 0.25) is 0 Å². The normalized spacial score (nSPS) is 9.62. The van der Waals surface area contributed by atoms with E-state index < -0.39 is 5.91 Å². The van der Waals surface area contributed by atoms with Crippen molar-refractivity contribution in [1.29, 1.82) is 0 Å². The van der Waals surface area contributed by atoms with Crippen LogP contribution in [0.15, 0.2) is 18.2 Å². The van der Waals surface area contributed by atoms with Crippen molar-refractivity contribution >= 4 is 12.2 Å². The highest BCUT2D eigenvalue weighted by Gasteiger charge is 2.10. The zero-order valence-corrected chi connectivity index (χ0v) is 6.86. The van der Waals surface area contributed by atoms with Gasteiger partial charge >= 0.3 is 0 Å². The molecule has 1 rings (SSSR count). The average molecular weight is 179 g/mol. The third-order valence-corrected chi connectivity index (χ3v) is 1.75. The summed E-state index contributed by atoms with van der Waals surface area (Å²) in [6.45, 7) is -0.283. The highest BCUT2D eigenvalue weighted by Crippen LogP contribution is 2.12.